The standard InChI is InChI=1S/C17H15N3O7S2/c21-17(18-7-11-1-4-14-15(5-11)27-10-26-14)8-28(22,23)12-2-3-13-16(6-12)29(24,25)20-9-19-13/h1-6,9H,7-8,10H2,(H,18,21)(H,19,20). The van der Waals surface area contributed by atoms with Crippen LogP contribution in [0.3, 0.4) is 0 Å². The van der Waals surface area contributed by atoms with Gasteiger partial charge in [-0.15, -0.1) is 4.40 Å². The zero-order valence-electron chi connectivity index (χ0n) is 14.8. The minimum Gasteiger partial charge on any atom is -0.454 e. The van der Waals surface area contributed by atoms with Crippen LogP contribution in [0, 0.1) is 0 Å². The van der Waals surface area contributed by atoms with Crippen LogP contribution in [0.2, 0.25) is 0 Å². The summed E-state index contributed by atoms with van der Waals surface area (Å²) in [6, 6.07) is 8.67. The van der Waals surface area contributed by atoms with Crippen molar-refractivity contribution in [3.8, 4) is 11.5 Å². The van der Waals surface area contributed by atoms with Crippen molar-refractivity contribution in [3.63, 3.8) is 0 Å². The second kappa shape index (κ2) is 7.04. The first-order valence-corrected chi connectivity index (χ1v) is 11.4. The molecule has 12 heteroatoms. The molecule has 0 atom stereocenters. The van der Waals surface area contributed by atoms with Gasteiger partial charge in [-0.2, -0.15) is 8.42 Å². The molecule has 2 N–H and O–H groups in total. The summed E-state index contributed by atoms with van der Waals surface area (Å²) in [4.78, 5) is 11.6. The Kier molecular flexibility index (Phi) is 4.67. The zero-order chi connectivity index (χ0) is 20.6. The molecule has 0 unspecified atom stereocenters. The Morgan fingerprint density at radius 2 is 1.93 bits per heavy atom. The van der Waals surface area contributed by atoms with E-state index >= 15 is 0 Å². The van der Waals surface area contributed by atoms with Gasteiger partial charge in [0.15, 0.2) is 21.3 Å². The number of fused-ring (bicyclic) bond motifs is 2. The number of carbonyl (C=O) groups excluding carboxylic acids is 1. The smallest absolute Gasteiger partial charge is 0.285 e. The van der Waals surface area contributed by atoms with E-state index in [4.69, 9.17) is 9.47 Å². The first-order chi connectivity index (χ1) is 13.7. The van der Waals surface area contributed by atoms with Crippen LogP contribution in [0.5, 0.6) is 11.5 Å². The molecule has 2 aliphatic heterocycles. The van der Waals surface area contributed by atoms with Crippen LogP contribution in [0.4, 0.5) is 5.69 Å². The van der Waals surface area contributed by atoms with Crippen molar-refractivity contribution >= 4 is 37.8 Å². The van der Waals surface area contributed by atoms with Gasteiger partial charge in [0.25, 0.3) is 10.0 Å². The third kappa shape index (κ3) is 3.89. The molecule has 0 saturated carbocycles. The average molecular weight is 437 g/mol. The minimum absolute atomic E-state index is 0.0994. The van der Waals surface area contributed by atoms with E-state index in [0.29, 0.717) is 17.1 Å². The van der Waals surface area contributed by atoms with Gasteiger partial charge in [-0.3, -0.25) is 4.79 Å². The number of nitrogens with one attached hydrogen (secondary N) is 2. The van der Waals surface area contributed by atoms with E-state index in [0.717, 1.165) is 12.4 Å². The van der Waals surface area contributed by atoms with Gasteiger partial charge in [0.2, 0.25) is 12.7 Å². The topological polar surface area (TPSA) is 140 Å². The number of ether oxygens (including phenoxy) is 2. The molecule has 2 aromatic rings. The Morgan fingerprint density at radius 1 is 1.14 bits per heavy atom. The number of hydrogen-bond donors (Lipinski definition) is 2. The highest BCUT2D eigenvalue weighted by Gasteiger charge is 2.26. The van der Waals surface area contributed by atoms with Gasteiger partial charge in [0.05, 0.1) is 10.6 Å². The summed E-state index contributed by atoms with van der Waals surface area (Å²) >= 11 is 0. The number of anilines is 1. The fourth-order valence-electron chi connectivity index (χ4n) is 2.81. The second-order valence-electron chi connectivity index (χ2n) is 6.24. The van der Waals surface area contributed by atoms with E-state index in [1.54, 1.807) is 18.2 Å². The van der Waals surface area contributed by atoms with Crippen molar-refractivity contribution in [2.45, 2.75) is 16.3 Å². The Hall–Kier alpha value is -3.12. The molecule has 0 aliphatic carbocycles. The number of nitrogens with zero attached hydrogens (tertiary/aromatic N) is 1. The van der Waals surface area contributed by atoms with Crippen molar-refractivity contribution in [2.75, 3.05) is 17.9 Å². The molecule has 1 amide bonds. The number of benzene rings is 2. The lowest BCUT2D eigenvalue weighted by Crippen LogP contribution is -2.30. The van der Waals surface area contributed by atoms with Crippen molar-refractivity contribution in [2.24, 2.45) is 4.40 Å². The van der Waals surface area contributed by atoms with Crippen LogP contribution in [-0.2, 0) is 31.2 Å². The lowest BCUT2D eigenvalue weighted by molar-refractivity contribution is -0.118. The van der Waals surface area contributed by atoms with Gasteiger partial charge >= 0.3 is 0 Å². The van der Waals surface area contributed by atoms with Gasteiger partial charge in [-0.05, 0) is 35.9 Å². The van der Waals surface area contributed by atoms with Crippen LogP contribution in [0.25, 0.3) is 0 Å². The van der Waals surface area contributed by atoms with E-state index in [1.807, 2.05) is 0 Å². The quantitative estimate of drug-likeness (QED) is 0.695. The van der Waals surface area contributed by atoms with Crippen LogP contribution >= 0.6 is 0 Å². The number of sulfonamides is 1. The molecule has 2 heterocycles. The summed E-state index contributed by atoms with van der Waals surface area (Å²) in [7, 11) is -8.04. The predicted molar refractivity (Wildman–Crippen MR) is 102 cm³/mol. The fourth-order valence-corrected chi connectivity index (χ4v) is 5.06. The number of amides is 1. The molecular formula is C17H15N3O7S2. The van der Waals surface area contributed by atoms with E-state index in [-0.39, 0.29) is 28.8 Å². The normalized spacial score (nSPS) is 16.0. The maximum Gasteiger partial charge on any atom is 0.285 e. The molecular weight excluding hydrogens is 422 g/mol. The van der Waals surface area contributed by atoms with Crippen LogP contribution < -0.4 is 20.1 Å². The molecule has 29 heavy (non-hydrogen) atoms. The first kappa shape index (κ1) is 19.2. The molecule has 10 nitrogen and oxygen atoms in total. The van der Waals surface area contributed by atoms with E-state index in [2.05, 4.69) is 15.0 Å². The first-order valence-electron chi connectivity index (χ1n) is 8.32. The second-order valence-corrected chi connectivity index (χ2v) is 9.83. The van der Waals surface area contributed by atoms with Gasteiger partial charge in [0, 0.05) is 6.54 Å². The maximum absolute atomic E-state index is 12.6. The molecule has 0 spiro atoms. The number of sulfone groups is 1. The molecule has 0 radical (unpaired) electrons. The maximum atomic E-state index is 12.6. The van der Waals surface area contributed by atoms with Crippen molar-refractivity contribution in [1.29, 1.82) is 0 Å². The van der Waals surface area contributed by atoms with Gasteiger partial charge in [-0.1, -0.05) is 6.07 Å². The van der Waals surface area contributed by atoms with Gasteiger partial charge in [0.1, 0.15) is 17.0 Å². The lowest BCUT2D eigenvalue weighted by atomic mass is 10.2. The number of rotatable bonds is 5. The summed E-state index contributed by atoms with van der Waals surface area (Å²) < 4.78 is 62.8. The molecule has 152 valence electrons. The molecule has 2 aliphatic rings. The monoisotopic (exact) mass is 437 g/mol. The molecule has 0 bridgehead atoms. The molecule has 2 aromatic carbocycles. The summed E-state index contributed by atoms with van der Waals surface area (Å²) in [5.74, 6) is -0.397. The average Bonchev–Trinajstić information content (AvgIpc) is 3.13. The molecule has 0 fully saturated rings. The lowest BCUT2D eigenvalue weighted by Gasteiger charge is -2.13. The SMILES string of the molecule is O=C(CS(=O)(=O)c1ccc2c(c1)S(=O)(=O)N=CN2)NCc1ccc2c(c1)OCO2. The van der Waals surface area contributed by atoms with Crippen LogP contribution in [-0.4, -0.2) is 41.6 Å². The Labute approximate surface area is 166 Å². The molecule has 4 rings (SSSR count). The zero-order valence-corrected chi connectivity index (χ0v) is 16.4. The number of hydrogen-bond acceptors (Lipinski definition) is 8. The summed E-state index contributed by atoms with van der Waals surface area (Å²) in [5.41, 5.74) is 0.926. The van der Waals surface area contributed by atoms with Crippen molar-refractivity contribution in [1.82, 2.24) is 5.32 Å². The highest BCUT2D eigenvalue weighted by molar-refractivity contribution is 7.92. The highest BCUT2D eigenvalue weighted by atomic mass is 32.2. The third-order valence-electron chi connectivity index (χ3n) is 4.25. The fraction of sp³-hybridized carbons (Fsp3) is 0.176. The van der Waals surface area contributed by atoms with E-state index in [9.17, 15) is 21.6 Å². The summed E-state index contributed by atoms with van der Waals surface area (Å²) in [5, 5.41) is 5.16. The minimum atomic E-state index is -4.06. The Balaban J connectivity index is 1.45. The summed E-state index contributed by atoms with van der Waals surface area (Å²) in [6.45, 7) is 0.225. The Morgan fingerprint density at radius 3 is 2.76 bits per heavy atom. The van der Waals surface area contributed by atoms with E-state index < -0.39 is 31.5 Å². The van der Waals surface area contributed by atoms with E-state index in [1.165, 1.54) is 12.1 Å². The van der Waals surface area contributed by atoms with Crippen molar-refractivity contribution < 1.29 is 31.1 Å². The molecule has 0 saturated heterocycles. The van der Waals surface area contributed by atoms with Crippen LogP contribution in [0.15, 0.2) is 50.6 Å². The predicted octanol–water partition coefficient (Wildman–Crippen LogP) is 0.648. The van der Waals surface area contributed by atoms with Gasteiger partial charge in [-0.25, -0.2) is 8.42 Å². The third-order valence-corrected chi connectivity index (χ3v) is 7.14. The molecule has 0 aromatic heterocycles. The highest BCUT2D eigenvalue weighted by Crippen LogP contribution is 2.32. The Bertz CT molecular complexity index is 1240. The van der Waals surface area contributed by atoms with Crippen LogP contribution in [0.1, 0.15) is 5.56 Å². The number of carbonyl (C=O) groups is 1. The largest absolute Gasteiger partial charge is 0.454 e. The van der Waals surface area contributed by atoms with Crippen molar-refractivity contribution in [3.05, 3.63) is 42.0 Å². The summed E-state index contributed by atoms with van der Waals surface area (Å²) in [6.07, 6.45) is 1.01. The van der Waals surface area contributed by atoms with Gasteiger partial charge < -0.3 is 20.1 Å².